The van der Waals surface area contributed by atoms with E-state index < -0.39 is 0 Å². The van der Waals surface area contributed by atoms with Gasteiger partial charge < -0.3 is 5.32 Å². The summed E-state index contributed by atoms with van der Waals surface area (Å²) >= 11 is 1.60. The molecule has 0 heterocycles. The smallest absolute Gasteiger partial charge is 0.137 e. The van der Waals surface area contributed by atoms with E-state index in [1.54, 1.807) is 17.8 Å². The Balaban J connectivity index is 1.91. The molecule has 0 unspecified atom stereocenters. The molecule has 1 fully saturated rings. The van der Waals surface area contributed by atoms with Gasteiger partial charge >= 0.3 is 0 Å². The van der Waals surface area contributed by atoms with Gasteiger partial charge in [0.05, 0.1) is 0 Å². The predicted molar refractivity (Wildman–Crippen MR) is 67.3 cm³/mol. The number of thioether (sulfide) groups is 1. The van der Waals surface area contributed by atoms with E-state index in [1.807, 2.05) is 12.1 Å². The van der Waals surface area contributed by atoms with E-state index in [4.69, 9.17) is 0 Å². The standard InChI is InChI=1S/C13H18FNS/c1-2-7-16-13-6-3-10(8-12(13)14)9-15-11-4-5-11/h3,6,8,11,15H,2,4-5,7,9H2,1H3. The average Bonchev–Trinajstić information content (AvgIpc) is 3.09. The molecule has 1 aromatic carbocycles. The molecule has 3 heteroatoms. The number of hydrogen-bond donors (Lipinski definition) is 1. The Kier molecular flexibility index (Phi) is 4.24. The van der Waals surface area contributed by atoms with E-state index in [2.05, 4.69) is 12.2 Å². The molecule has 0 atom stereocenters. The summed E-state index contributed by atoms with van der Waals surface area (Å²) < 4.78 is 13.7. The first-order chi connectivity index (χ1) is 7.79. The first kappa shape index (κ1) is 11.9. The molecule has 1 N–H and O–H groups in total. The van der Waals surface area contributed by atoms with E-state index in [0.717, 1.165) is 29.2 Å². The number of nitrogens with one attached hydrogen (secondary N) is 1. The molecule has 0 spiro atoms. The van der Waals surface area contributed by atoms with E-state index in [9.17, 15) is 4.39 Å². The van der Waals surface area contributed by atoms with Crippen molar-refractivity contribution >= 4 is 11.8 Å². The van der Waals surface area contributed by atoms with E-state index >= 15 is 0 Å². The Bertz CT molecular complexity index is 350. The van der Waals surface area contributed by atoms with Gasteiger partial charge in [0.2, 0.25) is 0 Å². The Morgan fingerprint density at radius 1 is 1.44 bits per heavy atom. The van der Waals surface area contributed by atoms with Crippen molar-refractivity contribution in [2.75, 3.05) is 5.75 Å². The highest BCUT2D eigenvalue weighted by Gasteiger charge is 2.20. The Labute approximate surface area is 101 Å². The number of benzene rings is 1. The lowest BCUT2D eigenvalue weighted by Gasteiger charge is -2.06. The lowest BCUT2D eigenvalue weighted by Crippen LogP contribution is -2.15. The van der Waals surface area contributed by atoms with Crippen molar-refractivity contribution in [3.8, 4) is 0 Å². The second-order valence-electron chi connectivity index (χ2n) is 4.27. The molecular formula is C13H18FNS. The zero-order valence-corrected chi connectivity index (χ0v) is 10.4. The van der Waals surface area contributed by atoms with Crippen LogP contribution in [0.2, 0.25) is 0 Å². The van der Waals surface area contributed by atoms with Crippen LogP contribution < -0.4 is 5.32 Å². The minimum absolute atomic E-state index is 0.0754. The predicted octanol–water partition coefficient (Wildman–Crippen LogP) is 3.58. The monoisotopic (exact) mass is 239 g/mol. The van der Waals surface area contributed by atoms with Crippen LogP contribution in [0, 0.1) is 5.82 Å². The average molecular weight is 239 g/mol. The third-order valence-corrected chi connectivity index (χ3v) is 3.88. The number of hydrogen-bond acceptors (Lipinski definition) is 2. The van der Waals surface area contributed by atoms with Crippen molar-refractivity contribution in [2.45, 2.75) is 43.7 Å². The molecule has 1 aliphatic rings. The highest BCUT2D eigenvalue weighted by Crippen LogP contribution is 2.24. The third-order valence-electron chi connectivity index (χ3n) is 2.63. The van der Waals surface area contributed by atoms with Gasteiger partial charge in [-0.3, -0.25) is 0 Å². The van der Waals surface area contributed by atoms with Gasteiger partial charge in [-0.1, -0.05) is 13.0 Å². The topological polar surface area (TPSA) is 12.0 Å². The molecule has 0 radical (unpaired) electrons. The molecule has 1 aromatic rings. The maximum absolute atomic E-state index is 13.7. The zero-order chi connectivity index (χ0) is 11.4. The van der Waals surface area contributed by atoms with Crippen LogP contribution in [0.5, 0.6) is 0 Å². The first-order valence-corrected chi connectivity index (χ1v) is 6.92. The van der Waals surface area contributed by atoms with E-state index in [-0.39, 0.29) is 5.82 Å². The third kappa shape index (κ3) is 3.49. The summed E-state index contributed by atoms with van der Waals surface area (Å²) in [6.07, 6.45) is 3.62. The van der Waals surface area contributed by atoms with Gasteiger partial charge in [0.1, 0.15) is 5.82 Å². The normalized spacial score (nSPS) is 15.4. The molecule has 88 valence electrons. The van der Waals surface area contributed by atoms with Crippen LogP contribution in [0.15, 0.2) is 23.1 Å². The summed E-state index contributed by atoms with van der Waals surface area (Å²) in [5.74, 6) is 0.907. The van der Waals surface area contributed by atoms with Crippen LogP contribution in [0.25, 0.3) is 0 Å². The molecule has 1 aliphatic carbocycles. The van der Waals surface area contributed by atoms with Crippen molar-refractivity contribution in [2.24, 2.45) is 0 Å². The summed E-state index contributed by atoms with van der Waals surface area (Å²) in [6.45, 7) is 2.90. The highest BCUT2D eigenvalue weighted by molar-refractivity contribution is 7.99. The minimum Gasteiger partial charge on any atom is -0.310 e. The van der Waals surface area contributed by atoms with Crippen molar-refractivity contribution < 1.29 is 4.39 Å². The summed E-state index contributed by atoms with van der Waals surface area (Å²) in [5, 5.41) is 3.39. The summed E-state index contributed by atoms with van der Waals surface area (Å²) in [4.78, 5) is 0.775. The van der Waals surface area contributed by atoms with Crippen molar-refractivity contribution in [1.29, 1.82) is 0 Å². The molecular weight excluding hydrogens is 221 g/mol. The second-order valence-corrected chi connectivity index (χ2v) is 5.41. The fourth-order valence-electron chi connectivity index (χ4n) is 1.53. The van der Waals surface area contributed by atoms with Crippen LogP contribution in [0.1, 0.15) is 31.7 Å². The summed E-state index contributed by atoms with van der Waals surface area (Å²) in [7, 11) is 0. The summed E-state index contributed by atoms with van der Waals surface area (Å²) in [5.41, 5.74) is 1.05. The fourth-order valence-corrected chi connectivity index (χ4v) is 2.32. The first-order valence-electron chi connectivity index (χ1n) is 5.94. The molecule has 0 aromatic heterocycles. The van der Waals surface area contributed by atoms with Crippen LogP contribution in [0.3, 0.4) is 0 Å². The molecule has 2 rings (SSSR count). The van der Waals surface area contributed by atoms with Crippen LogP contribution in [-0.2, 0) is 6.54 Å². The van der Waals surface area contributed by atoms with Gasteiger partial charge in [-0.2, -0.15) is 0 Å². The van der Waals surface area contributed by atoms with Gasteiger partial charge in [-0.05, 0) is 42.7 Å². The van der Waals surface area contributed by atoms with Crippen LogP contribution in [0.4, 0.5) is 4.39 Å². The fraction of sp³-hybridized carbons (Fsp3) is 0.538. The molecule has 0 aliphatic heterocycles. The van der Waals surface area contributed by atoms with E-state index in [1.165, 1.54) is 12.8 Å². The molecule has 1 nitrogen and oxygen atoms in total. The SMILES string of the molecule is CCCSc1ccc(CNC2CC2)cc1F. The largest absolute Gasteiger partial charge is 0.310 e. The van der Waals surface area contributed by atoms with Crippen LogP contribution >= 0.6 is 11.8 Å². The van der Waals surface area contributed by atoms with E-state index in [0.29, 0.717) is 6.04 Å². The lowest BCUT2D eigenvalue weighted by atomic mass is 10.2. The molecule has 1 saturated carbocycles. The van der Waals surface area contributed by atoms with Crippen molar-refractivity contribution in [1.82, 2.24) is 5.32 Å². The quantitative estimate of drug-likeness (QED) is 0.761. The van der Waals surface area contributed by atoms with Gasteiger partial charge in [0.25, 0.3) is 0 Å². The summed E-state index contributed by atoms with van der Waals surface area (Å²) in [6, 6.07) is 6.26. The lowest BCUT2D eigenvalue weighted by molar-refractivity contribution is 0.595. The van der Waals surface area contributed by atoms with Crippen molar-refractivity contribution in [3.05, 3.63) is 29.6 Å². The van der Waals surface area contributed by atoms with Gasteiger partial charge in [0, 0.05) is 17.5 Å². The van der Waals surface area contributed by atoms with Gasteiger partial charge in [-0.25, -0.2) is 4.39 Å². The highest BCUT2D eigenvalue weighted by atomic mass is 32.2. The molecule has 0 amide bonds. The van der Waals surface area contributed by atoms with Gasteiger partial charge in [-0.15, -0.1) is 11.8 Å². The number of halogens is 1. The Morgan fingerprint density at radius 3 is 2.88 bits per heavy atom. The Morgan fingerprint density at radius 2 is 2.25 bits per heavy atom. The molecule has 16 heavy (non-hydrogen) atoms. The number of rotatable bonds is 6. The Hall–Kier alpha value is -0.540. The zero-order valence-electron chi connectivity index (χ0n) is 9.63. The second kappa shape index (κ2) is 5.69. The minimum atomic E-state index is -0.0754. The van der Waals surface area contributed by atoms with Crippen LogP contribution in [-0.4, -0.2) is 11.8 Å². The van der Waals surface area contributed by atoms with Crippen molar-refractivity contribution in [3.63, 3.8) is 0 Å². The maximum Gasteiger partial charge on any atom is 0.137 e. The van der Waals surface area contributed by atoms with Gasteiger partial charge in [0.15, 0.2) is 0 Å². The maximum atomic E-state index is 13.7. The molecule has 0 saturated heterocycles. The molecule has 0 bridgehead atoms.